The maximum atomic E-state index is 13.0. The zero-order valence-electron chi connectivity index (χ0n) is 14.0. The molecule has 25 heavy (non-hydrogen) atoms. The molecule has 1 aliphatic heterocycles. The fourth-order valence-corrected chi connectivity index (χ4v) is 2.93. The second-order valence-electron chi connectivity index (χ2n) is 6.32. The lowest BCUT2D eigenvalue weighted by atomic mass is 9.97. The minimum atomic E-state index is -0.307. The third-order valence-corrected chi connectivity index (χ3v) is 4.16. The van der Waals surface area contributed by atoms with Gasteiger partial charge in [-0.15, -0.1) is 12.4 Å². The minimum Gasteiger partial charge on any atom is -0.342 e. The van der Waals surface area contributed by atoms with E-state index in [0.29, 0.717) is 30.2 Å². The lowest BCUT2D eigenvalue weighted by Crippen LogP contribution is -2.41. The molecule has 2 atom stereocenters. The third kappa shape index (κ3) is 4.76. The molecule has 8 heteroatoms. The number of hydrogen-bond acceptors (Lipinski definition) is 5. The van der Waals surface area contributed by atoms with Crippen LogP contribution in [0.1, 0.15) is 38.0 Å². The largest absolute Gasteiger partial charge is 0.342 e. The van der Waals surface area contributed by atoms with Crippen LogP contribution >= 0.6 is 12.4 Å². The van der Waals surface area contributed by atoms with E-state index in [9.17, 15) is 9.18 Å². The van der Waals surface area contributed by atoms with Gasteiger partial charge < -0.3 is 15.2 Å². The molecule has 2 unspecified atom stereocenters. The smallest absolute Gasteiger partial charge is 0.231 e. The van der Waals surface area contributed by atoms with E-state index >= 15 is 0 Å². The number of nitrogens with zero attached hydrogens (tertiary/aromatic N) is 3. The van der Waals surface area contributed by atoms with Gasteiger partial charge >= 0.3 is 0 Å². The standard InChI is InChI=1S/C17H21FN4O2.ClH/c1-11(19)9-15(23)22-8-2-3-13(10-22)17-20-16(21-24-17)12-4-6-14(18)7-5-12;/h4-7,11,13H,2-3,8-10,19H2,1H3;1H. The summed E-state index contributed by atoms with van der Waals surface area (Å²) in [5, 5.41) is 3.98. The molecule has 2 N–H and O–H groups in total. The van der Waals surface area contributed by atoms with Gasteiger partial charge in [-0.25, -0.2) is 4.39 Å². The Morgan fingerprint density at radius 1 is 1.44 bits per heavy atom. The van der Waals surface area contributed by atoms with Crippen molar-refractivity contribution in [2.24, 2.45) is 5.73 Å². The summed E-state index contributed by atoms with van der Waals surface area (Å²) in [5.41, 5.74) is 6.41. The molecule has 1 amide bonds. The number of benzene rings is 1. The number of aromatic nitrogens is 2. The van der Waals surface area contributed by atoms with Crippen LogP contribution in [0.15, 0.2) is 28.8 Å². The molecule has 2 aromatic rings. The molecule has 1 fully saturated rings. The van der Waals surface area contributed by atoms with Crippen LogP contribution in [0.3, 0.4) is 0 Å². The monoisotopic (exact) mass is 368 g/mol. The fraction of sp³-hybridized carbons (Fsp3) is 0.471. The molecular formula is C17H22ClFN4O2. The van der Waals surface area contributed by atoms with E-state index in [-0.39, 0.29) is 36.1 Å². The van der Waals surface area contributed by atoms with E-state index in [0.717, 1.165) is 19.4 Å². The Kier molecular flexibility index (Phi) is 6.50. The highest BCUT2D eigenvalue weighted by molar-refractivity contribution is 5.85. The molecule has 0 bridgehead atoms. The predicted molar refractivity (Wildman–Crippen MR) is 93.8 cm³/mol. The summed E-state index contributed by atoms with van der Waals surface area (Å²) in [6, 6.07) is 5.80. The molecule has 0 spiro atoms. The van der Waals surface area contributed by atoms with Crippen molar-refractivity contribution in [3.63, 3.8) is 0 Å². The number of piperidine rings is 1. The SMILES string of the molecule is CC(N)CC(=O)N1CCCC(c2nc(-c3ccc(F)cc3)no2)C1.Cl. The molecule has 2 heterocycles. The number of halogens is 2. The molecule has 136 valence electrons. The van der Waals surface area contributed by atoms with Crippen LogP contribution in [0, 0.1) is 5.82 Å². The second kappa shape index (κ2) is 8.40. The Labute approximate surface area is 152 Å². The van der Waals surface area contributed by atoms with Crippen LogP contribution in [0.25, 0.3) is 11.4 Å². The highest BCUT2D eigenvalue weighted by Gasteiger charge is 2.28. The van der Waals surface area contributed by atoms with Crippen LogP contribution < -0.4 is 5.73 Å². The fourth-order valence-electron chi connectivity index (χ4n) is 2.93. The molecule has 1 saturated heterocycles. The number of likely N-dealkylation sites (tertiary alicyclic amines) is 1. The summed E-state index contributed by atoms with van der Waals surface area (Å²) >= 11 is 0. The van der Waals surface area contributed by atoms with Gasteiger partial charge in [-0.2, -0.15) is 4.98 Å². The van der Waals surface area contributed by atoms with Gasteiger partial charge in [0.05, 0.1) is 5.92 Å². The molecule has 0 aliphatic carbocycles. The van der Waals surface area contributed by atoms with E-state index in [2.05, 4.69) is 10.1 Å². The van der Waals surface area contributed by atoms with Crippen molar-refractivity contribution in [3.05, 3.63) is 36.0 Å². The average molecular weight is 369 g/mol. The Morgan fingerprint density at radius 2 is 2.16 bits per heavy atom. The van der Waals surface area contributed by atoms with Gasteiger partial charge in [0.25, 0.3) is 0 Å². The van der Waals surface area contributed by atoms with Crippen molar-refractivity contribution in [2.75, 3.05) is 13.1 Å². The van der Waals surface area contributed by atoms with Crippen LogP contribution in [0.2, 0.25) is 0 Å². The molecular weight excluding hydrogens is 347 g/mol. The van der Waals surface area contributed by atoms with Crippen molar-refractivity contribution < 1.29 is 13.7 Å². The first-order chi connectivity index (χ1) is 11.5. The van der Waals surface area contributed by atoms with Crippen molar-refractivity contribution in [1.29, 1.82) is 0 Å². The quantitative estimate of drug-likeness (QED) is 0.896. The average Bonchev–Trinajstić information content (AvgIpc) is 3.05. The van der Waals surface area contributed by atoms with E-state index in [1.807, 2.05) is 11.8 Å². The maximum absolute atomic E-state index is 13.0. The van der Waals surface area contributed by atoms with Crippen LogP contribution in [-0.4, -0.2) is 40.1 Å². The zero-order chi connectivity index (χ0) is 17.1. The maximum Gasteiger partial charge on any atom is 0.231 e. The summed E-state index contributed by atoms with van der Waals surface area (Å²) < 4.78 is 18.4. The van der Waals surface area contributed by atoms with E-state index in [1.165, 1.54) is 12.1 Å². The van der Waals surface area contributed by atoms with Gasteiger partial charge in [0, 0.05) is 31.1 Å². The molecule has 0 radical (unpaired) electrons. The van der Waals surface area contributed by atoms with E-state index < -0.39 is 0 Å². The van der Waals surface area contributed by atoms with Gasteiger partial charge in [-0.05, 0) is 44.0 Å². The van der Waals surface area contributed by atoms with E-state index in [1.54, 1.807) is 12.1 Å². The van der Waals surface area contributed by atoms with E-state index in [4.69, 9.17) is 10.3 Å². The zero-order valence-corrected chi connectivity index (χ0v) is 14.8. The Bertz CT molecular complexity index is 705. The van der Waals surface area contributed by atoms with Crippen LogP contribution in [0.5, 0.6) is 0 Å². The Morgan fingerprint density at radius 3 is 2.84 bits per heavy atom. The summed E-state index contributed by atoms with van der Waals surface area (Å²) in [7, 11) is 0. The third-order valence-electron chi connectivity index (χ3n) is 4.16. The van der Waals surface area contributed by atoms with Gasteiger partial charge in [-0.1, -0.05) is 5.16 Å². The van der Waals surface area contributed by atoms with Crippen molar-refractivity contribution in [2.45, 2.75) is 38.1 Å². The summed E-state index contributed by atoms with van der Waals surface area (Å²) in [6.07, 6.45) is 2.13. The molecule has 6 nitrogen and oxygen atoms in total. The number of nitrogens with two attached hydrogens (primary N) is 1. The molecule has 1 aromatic heterocycles. The molecule has 1 aliphatic rings. The summed E-state index contributed by atoms with van der Waals surface area (Å²) in [4.78, 5) is 18.4. The van der Waals surface area contributed by atoms with Crippen LogP contribution in [-0.2, 0) is 4.79 Å². The highest BCUT2D eigenvalue weighted by atomic mass is 35.5. The summed E-state index contributed by atoms with van der Waals surface area (Å²) in [6.45, 7) is 3.13. The van der Waals surface area contributed by atoms with Gasteiger partial charge in [-0.3, -0.25) is 4.79 Å². The topological polar surface area (TPSA) is 85.3 Å². The Hall–Kier alpha value is -1.99. The number of carbonyl (C=O) groups excluding carboxylic acids is 1. The van der Waals surface area contributed by atoms with Gasteiger partial charge in [0.15, 0.2) is 0 Å². The number of carbonyl (C=O) groups is 1. The number of hydrogen-bond donors (Lipinski definition) is 1. The van der Waals surface area contributed by atoms with Crippen molar-refractivity contribution in [3.8, 4) is 11.4 Å². The first kappa shape index (κ1) is 19.3. The number of amides is 1. The first-order valence-electron chi connectivity index (χ1n) is 8.16. The number of rotatable bonds is 4. The van der Waals surface area contributed by atoms with Gasteiger partial charge in [0.2, 0.25) is 17.6 Å². The van der Waals surface area contributed by atoms with Crippen molar-refractivity contribution in [1.82, 2.24) is 15.0 Å². The molecule has 1 aromatic carbocycles. The second-order valence-corrected chi connectivity index (χ2v) is 6.32. The lowest BCUT2D eigenvalue weighted by molar-refractivity contribution is -0.132. The Balaban J connectivity index is 0.00000225. The molecule has 0 saturated carbocycles. The van der Waals surface area contributed by atoms with Crippen LogP contribution in [0.4, 0.5) is 4.39 Å². The van der Waals surface area contributed by atoms with Crippen molar-refractivity contribution >= 4 is 18.3 Å². The van der Waals surface area contributed by atoms with Gasteiger partial charge in [0.1, 0.15) is 5.82 Å². The minimum absolute atomic E-state index is 0. The normalized spacial score (nSPS) is 18.5. The highest BCUT2D eigenvalue weighted by Crippen LogP contribution is 2.28. The predicted octanol–water partition coefficient (Wildman–Crippen LogP) is 2.74. The summed E-state index contributed by atoms with van der Waals surface area (Å²) in [5.74, 6) is 0.736. The lowest BCUT2D eigenvalue weighted by Gasteiger charge is -2.31. The first-order valence-corrected chi connectivity index (χ1v) is 8.16. The molecule has 3 rings (SSSR count).